The second kappa shape index (κ2) is 9.56. The Kier molecular flexibility index (Phi) is 9.37. The molecule has 0 fully saturated rings. The fourth-order valence-electron chi connectivity index (χ4n) is 2.45. The number of hydrogen-bond donors (Lipinski definition) is 2. The zero-order valence-electron chi connectivity index (χ0n) is 12.4. The minimum Gasteiger partial charge on any atom is -0.481 e. The van der Waals surface area contributed by atoms with Gasteiger partial charge in [0.05, 0.1) is 8.07 Å². The molecule has 0 rings (SSSR count). The maximum Gasteiger partial charge on any atom is 0.303 e. The predicted molar refractivity (Wildman–Crippen MR) is 80.7 cm³/mol. The van der Waals surface area contributed by atoms with Crippen LogP contribution in [0.5, 0.6) is 0 Å². The first-order chi connectivity index (χ1) is 8.44. The van der Waals surface area contributed by atoms with Crippen LogP contribution < -0.4 is 5.73 Å². The molecule has 0 aliphatic heterocycles. The van der Waals surface area contributed by atoms with Crippen LogP contribution in [0.2, 0.25) is 24.7 Å². The summed E-state index contributed by atoms with van der Waals surface area (Å²) in [6.07, 6.45) is 8.09. The van der Waals surface area contributed by atoms with Crippen molar-refractivity contribution in [2.75, 3.05) is 6.54 Å². The van der Waals surface area contributed by atoms with Gasteiger partial charge in [0.25, 0.3) is 0 Å². The van der Waals surface area contributed by atoms with E-state index in [4.69, 9.17) is 10.8 Å². The molecular weight excluding hydrogens is 242 g/mol. The molecule has 3 N–H and O–H groups in total. The first-order valence-corrected chi connectivity index (χ1v) is 10.6. The third-order valence-corrected chi connectivity index (χ3v) is 8.28. The fraction of sp³-hybridized carbons (Fsp3) is 0.929. The molecule has 1 atom stereocenters. The Labute approximate surface area is 113 Å². The summed E-state index contributed by atoms with van der Waals surface area (Å²) in [5, 5.41) is 8.91. The summed E-state index contributed by atoms with van der Waals surface area (Å²) in [6.45, 7) is 7.34. The standard InChI is InChI=1S/C14H31NO2Si/c1-4-5-6-7-8-9-10-18(2,3)13(12-15)11-14(16)17/h13H,4-12,15H2,1-3H3,(H,16,17). The van der Waals surface area contributed by atoms with Gasteiger partial charge in [-0.2, -0.15) is 0 Å². The highest BCUT2D eigenvalue weighted by molar-refractivity contribution is 6.79. The van der Waals surface area contributed by atoms with Crippen molar-refractivity contribution in [2.24, 2.45) is 5.73 Å². The summed E-state index contributed by atoms with van der Waals surface area (Å²) < 4.78 is 0. The number of carboxylic acids is 1. The third-order valence-electron chi connectivity index (χ3n) is 3.99. The van der Waals surface area contributed by atoms with Gasteiger partial charge in [0.2, 0.25) is 0 Å². The van der Waals surface area contributed by atoms with Crippen molar-refractivity contribution in [1.82, 2.24) is 0 Å². The second-order valence-electron chi connectivity index (χ2n) is 6.04. The van der Waals surface area contributed by atoms with Crippen LogP contribution in [-0.2, 0) is 4.79 Å². The molecule has 0 aliphatic rings. The van der Waals surface area contributed by atoms with Gasteiger partial charge in [-0.1, -0.05) is 64.6 Å². The van der Waals surface area contributed by atoms with Crippen LogP contribution in [-0.4, -0.2) is 25.7 Å². The molecule has 0 bridgehead atoms. The molecule has 3 nitrogen and oxygen atoms in total. The van der Waals surface area contributed by atoms with Gasteiger partial charge in [-0.05, 0) is 12.1 Å². The van der Waals surface area contributed by atoms with Gasteiger partial charge in [-0.3, -0.25) is 4.79 Å². The van der Waals surface area contributed by atoms with E-state index in [9.17, 15) is 4.79 Å². The van der Waals surface area contributed by atoms with Crippen molar-refractivity contribution < 1.29 is 9.90 Å². The predicted octanol–water partition coefficient (Wildman–Crippen LogP) is 3.86. The molecule has 0 aromatic rings. The van der Waals surface area contributed by atoms with Crippen LogP contribution in [0, 0.1) is 0 Å². The molecule has 1 unspecified atom stereocenters. The summed E-state index contributed by atoms with van der Waals surface area (Å²) in [6, 6.07) is 1.22. The van der Waals surface area contributed by atoms with Gasteiger partial charge < -0.3 is 10.8 Å². The molecule has 0 radical (unpaired) electrons. The van der Waals surface area contributed by atoms with Gasteiger partial charge in [0.1, 0.15) is 0 Å². The summed E-state index contributed by atoms with van der Waals surface area (Å²) in [5.41, 5.74) is 5.98. The van der Waals surface area contributed by atoms with E-state index in [1.807, 2.05) is 0 Å². The highest BCUT2D eigenvalue weighted by Gasteiger charge is 2.31. The van der Waals surface area contributed by atoms with E-state index in [1.54, 1.807) is 0 Å². The molecule has 0 saturated carbocycles. The van der Waals surface area contributed by atoms with E-state index in [0.29, 0.717) is 6.54 Å². The largest absolute Gasteiger partial charge is 0.481 e. The molecule has 4 heteroatoms. The van der Waals surface area contributed by atoms with E-state index >= 15 is 0 Å². The molecule has 0 aromatic heterocycles. The normalized spacial score (nSPS) is 13.6. The van der Waals surface area contributed by atoms with Crippen molar-refractivity contribution in [3.63, 3.8) is 0 Å². The zero-order chi connectivity index (χ0) is 14.0. The molecule has 0 amide bonds. The fourth-order valence-corrected chi connectivity index (χ4v) is 5.39. The molecule has 0 heterocycles. The van der Waals surface area contributed by atoms with Crippen molar-refractivity contribution in [1.29, 1.82) is 0 Å². The average Bonchev–Trinajstić information content (AvgIpc) is 2.30. The van der Waals surface area contributed by atoms with Crippen molar-refractivity contribution >= 4 is 14.0 Å². The van der Waals surface area contributed by atoms with E-state index in [2.05, 4.69) is 20.0 Å². The van der Waals surface area contributed by atoms with Crippen LogP contribution in [0.1, 0.15) is 51.9 Å². The van der Waals surface area contributed by atoms with Crippen molar-refractivity contribution in [3.05, 3.63) is 0 Å². The summed E-state index contributed by atoms with van der Waals surface area (Å²) in [5.74, 6) is -0.700. The highest BCUT2D eigenvalue weighted by Crippen LogP contribution is 2.30. The molecule has 0 aromatic carbocycles. The number of carbonyl (C=O) groups is 1. The van der Waals surface area contributed by atoms with Crippen LogP contribution in [0.15, 0.2) is 0 Å². The maximum absolute atomic E-state index is 10.8. The quantitative estimate of drug-likeness (QED) is 0.444. The number of rotatable bonds is 11. The Hall–Kier alpha value is -0.353. The Bertz CT molecular complexity index is 232. The SMILES string of the molecule is CCCCCCCC[Si](C)(C)C(CN)CC(=O)O. The minimum atomic E-state index is -1.47. The lowest BCUT2D eigenvalue weighted by molar-refractivity contribution is -0.137. The second-order valence-corrected chi connectivity index (χ2v) is 11.3. The lowest BCUT2D eigenvalue weighted by Gasteiger charge is -2.30. The lowest BCUT2D eigenvalue weighted by Crippen LogP contribution is -2.37. The van der Waals surface area contributed by atoms with Gasteiger partial charge in [-0.25, -0.2) is 0 Å². The Morgan fingerprint density at radius 1 is 1.17 bits per heavy atom. The van der Waals surface area contributed by atoms with Gasteiger partial charge in [-0.15, -0.1) is 0 Å². The highest BCUT2D eigenvalue weighted by atomic mass is 28.3. The number of nitrogens with two attached hydrogens (primary N) is 1. The first kappa shape index (κ1) is 17.6. The number of aliphatic carboxylic acids is 1. The first-order valence-electron chi connectivity index (χ1n) is 7.36. The minimum absolute atomic E-state index is 0.227. The third kappa shape index (κ3) is 7.87. The number of carboxylic acid groups (broad SMARTS) is 1. The van der Waals surface area contributed by atoms with E-state index in [-0.39, 0.29) is 12.0 Å². The monoisotopic (exact) mass is 273 g/mol. The molecule has 0 aliphatic carbocycles. The van der Waals surface area contributed by atoms with Crippen molar-refractivity contribution in [2.45, 2.75) is 76.5 Å². The molecule has 0 spiro atoms. The number of unbranched alkanes of at least 4 members (excludes halogenated alkanes) is 5. The van der Waals surface area contributed by atoms with Crippen LogP contribution in [0.25, 0.3) is 0 Å². The molecule has 108 valence electrons. The van der Waals surface area contributed by atoms with E-state index in [1.165, 1.54) is 44.6 Å². The summed E-state index contributed by atoms with van der Waals surface area (Å²) >= 11 is 0. The Balaban J connectivity index is 3.92. The molecule has 18 heavy (non-hydrogen) atoms. The Morgan fingerprint density at radius 2 is 1.72 bits per heavy atom. The zero-order valence-corrected chi connectivity index (χ0v) is 13.4. The van der Waals surface area contributed by atoms with Gasteiger partial charge in [0, 0.05) is 6.42 Å². The summed E-state index contributed by atoms with van der Waals surface area (Å²) in [4.78, 5) is 10.8. The van der Waals surface area contributed by atoms with Gasteiger partial charge in [0.15, 0.2) is 0 Å². The number of hydrogen-bond acceptors (Lipinski definition) is 2. The topological polar surface area (TPSA) is 63.3 Å². The molecule has 0 saturated heterocycles. The molecular formula is C14H31NO2Si. The maximum atomic E-state index is 10.8. The van der Waals surface area contributed by atoms with E-state index in [0.717, 1.165) is 0 Å². The smallest absolute Gasteiger partial charge is 0.303 e. The lowest BCUT2D eigenvalue weighted by atomic mass is 10.1. The van der Waals surface area contributed by atoms with Gasteiger partial charge >= 0.3 is 5.97 Å². The van der Waals surface area contributed by atoms with Crippen LogP contribution in [0.3, 0.4) is 0 Å². The summed E-state index contributed by atoms with van der Waals surface area (Å²) in [7, 11) is -1.47. The van der Waals surface area contributed by atoms with Crippen LogP contribution in [0.4, 0.5) is 0 Å². The van der Waals surface area contributed by atoms with Crippen molar-refractivity contribution in [3.8, 4) is 0 Å². The Morgan fingerprint density at radius 3 is 2.22 bits per heavy atom. The van der Waals surface area contributed by atoms with E-state index < -0.39 is 14.0 Å². The van der Waals surface area contributed by atoms with Crippen LogP contribution >= 0.6 is 0 Å². The average molecular weight is 273 g/mol.